The van der Waals surface area contributed by atoms with Crippen LogP contribution >= 0.6 is 11.6 Å². The standard InChI is InChI=1S/C14H19ClN2O/c1-9(10-3-7-12(15)8-4-10)17-13(18)14(2,16)11-5-6-11/h3-4,7-9,11H,5-6,16H2,1-2H3,(H,17,18)/t9-,14?/m0/s1. The molecule has 0 bridgehead atoms. The minimum atomic E-state index is -0.749. The van der Waals surface area contributed by atoms with E-state index in [0.717, 1.165) is 18.4 Å². The summed E-state index contributed by atoms with van der Waals surface area (Å²) in [5.74, 6) is 0.252. The Morgan fingerprint density at radius 1 is 1.44 bits per heavy atom. The second kappa shape index (κ2) is 4.90. The number of hydrogen-bond donors (Lipinski definition) is 2. The Bertz CT molecular complexity index is 438. The molecule has 4 heteroatoms. The fourth-order valence-electron chi connectivity index (χ4n) is 2.06. The topological polar surface area (TPSA) is 55.1 Å². The van der Waals surface area contributed by atoms with E-state index >= 15 is 0 Å². The maximum atomic E-state index is 12.1. The van der Waals surface area contributed by atoms with Gasteiger partial charge < -0.3 is 11.1 Å². The van der Waals surface area contributed by atoms with Crippen LogP contribution < -0.4 is 11.1 Å². The number of carbonyl (C=O) groups excluding carboxylic acids is 1. The van der Waals surface area contributed by atoms with Crippen molar-refractivity contribution in [3.63, 3.8) is 0 Å². The molecule has 2 rings (SSSR count). The summed E-state index contributed by atoms with van der Waals surface area (Å²) in [6.45, 7) is 3.76. The molecule has 1 aromatic rings. The molecule has 1 aliphatic rings. The van der Waals surface area contributed by atoms with E-state index in [1.807, 2.05) is 38.1 Å². The van der Waals surface area contributed by atoms with Crippen molar-refractivity contribution in [2.75, 3.05) is 0 Å². The number of benzene rings is 1. The lowest BCUT2D eigenvalue weighted by atomic mass is 9.95. The molecule has 1 saturated carbocycles. The van der Waals surface area contributed by atoms with Gasteiger partial charge in [-0.1, -0.05) is 23.7 Å². The summed E-state index contributed by atoms with van der Waals surface area (Å²) in [4.78, 5) is 12.1. The lowest BCUT2D eigenvalue weighted by molar-refractivity contribution is -0.127. The SMILES string of the molecule is C[C@H](NC(=O)C(C)(N)C1CC1)c1ccc(Cl)cc1. The Hall–Kier alpha value is -1.06. The average molecular weight is 267 g/mol. The maximum Gasteiger partial charge on any atom is 0.240 e. The summed E-state index contributed by atoms with van der Waals surface area (Å²) in [7, 11) is 0. The Kier molecular flexibility index (Phi) is 3.64. The Balaban J connectivity index is 2.00. The maximum absolute atomic E-state index is 12.1. The van der Waals surface area contributed by atoms with E-state index in [2.05, 4.69) is 5.32 Å². The fraction of sp³-hybridized carbons (Fsp3) is 0.500. The number of halogens is 1. The van der Waals surface area contributed by atoms with E-state index in [1.54, 1.807) is 0 Å². The van der Waals surface area contributed by atoms with Crippen LogP contribution in [0.5, 0.6) is 0 Å². The first-order chi connectivity index (χ1) is 8.41. The van der Waals surface area contributed by atoms with Crippen LogP contribution in [0.25, 0.3) is 0 Å². The molecule has 98 valence electrons. The molecule has 0 saturated heterocycles. The minimum absolute atomic E-state index is 0.0589. The van der Waals surface area contributed by atoms with Gasteiger partial charge in [-0.25, -0.2) is 0 Å². The third kappa shape index (κ3) is 2.85. The summed E-state index contributed by atoms with van der Waals surface area (Å²) in [5, 5.41) is 3.66. The highest BCUT2D eigenvalue weighted by Gasteiger charge is 2.44. The monoisotopic (exact) mass is 266 g/mol. The average Bonchev–Trinajstić information content (AvgIpc) is 3.13. The van der Waals surface area contributed by atoms with Gasteiger partial charge in [0.2, 0.25) is 5.91 Å². The molecule has 2 atom stereocenters. The number of carbonyl (C=O) groups is 1. The van der Waals surface area contributed by atoms with Gasteiger partial charge >= 0.3 is 0 Å². The zero-order valence-corrected chi connectivity index (χ0v) is 11.5. The normalized spacial score (nSPS) is 20.0. The summed E-state index contributed by atoms with van der Waals surface area (Å²) in [5.41, 5.74) is 6.36. The molecule has 1 amide bonds. The van der Waals surface area contributed by atoms with Crippen LogP contribution in [0.1, 0.15) is 38.3 Å². The summed E-state index contributed by atoms with van der Waals surface area (Å²) < 4.78 is 0. The molecule has 1 aliphatic carbocycles. The van der Waals surface area contributed by atoms with Gasteiger partial charge in [-0.2, -0.15) is 0 Å². The van der Waals surface area contributed by atoms with Gasteiger partial charge in [0, 0.05) is 5.02 Å². The number of hydrogen-bond acceptors (Lipinski definition) is 2. The zero-order chi connectivity index (χ0) is 13.3. The molecule has 0 aliphatic heterocycles. The van der Waals surface area contributed by atoms with Crippen LogP contribution in [-0.4, -0.2) is 11.4 Å². The van der Waals surface area contributed by atoms with E-state index in [-0.39, 0.29) is 11.9 Å². The van der Waals surface area contributed by atoms with E-state index in [0.29, 0.717) is 10.9 Å². The van der Waals surface area contributed by atoms with Gasteiger partial charge in [0.25, 0.3) is 0 Å². The van der Waals surface area contributed by atoms with Gasteiger partial charge in [0.1, 0.15) is 0 Å². The van der Waals surface area contributed by atoms with Gasteiger partial charge in [-0.3, -0.25) is 4.79 Å². The van der Waals surface area contributed by atoms with Crippen LogP contribution in [0.3, 0.4) is 0 Å². The molecule has 1 fully saturated rings. The Morgan fingerprint density at radius 3 is 2.50 bits per heavy atom. The summed E-state index contributed by atoms with van der Waals surface area (Å²) in [6, 6.07) is 7.41. The molecule has 1 unspecified atom stereocenters. The molecule has 3 nitrogen and oxygen atoms in total. The van der Waals surface area contributed by atoms with Gasteiger partial charge in [-0.05, 0) is 50.3 Å². The van der Waals surface area contributed by atoms with Gasteiger partial charge in [0.05, 0.1) is 11.6 Å². The number of amides is 1. The quantitative estimate of drug-likeness (QED) is 0.880. The predicted octanol–water partition coefficient (Wildman–Crippen LogP) is 2.64. The first-order valence-corrected chi connectivity index (χ1v) is 6.64. The highest BCUT2D eigenvalue weighted by Crippen LogP contribution is 2.38. The number of nitrogens with two attached hydrogens (primary N) is 1. The smallest absolute Gasteiger partial charge is 0.240 e. The summed E-state index contributed by atoms with van der Waals surface area (Å²) in [6.07, 6.45) is 2.10. The molecular formula is C14H19ClN2O. The zero-order valence-electron chi connectivity index (χ0n) is 10.7. The number of rotatable bonds is 4. The predicted molar refractivity (Wildman–Crippen MR) is 73.3 cm³/mol. The van der Waals surface area contributed by atoms with Crippen LogP contribution in [0.4, 0.5) is 0 Å². The van der Waals surface area contributed by atoms with Crippen molar-refractivity contribution in [3.8, 4) is 0 Å². The van der Waals surface area contributed by atoms with E-state index < -0.39 is 5.54 Å². The second-order valence-electron chi connectivity index (χ2n) is 5.30. The molecule has 3 N–H and O–H groups in total. The lowest BCUT2D eigenvalue weighted by Crippen LogP contribution is -2.53. The Labute approximate surface area is 113 Å². The van der Waals surface area contributed by atoms with Crippen molar-refractivity contribution in [2.45, 2.75) is 38.3 Å². The fourth-order valence-corrected chi connectivity index (χ4v) is 2.18. The highest BCUT2D eigenvalue weighted by atomic mass is 35.5. The van der Waals surface area contributed by atoms with Crippen molar-refractivity contribution < 1.29 is 4.79 Å². The third-order valence-corrected chi connectivity index (χ3v) is 3.88. The van der Waals surface area contributed by atoms with E-state index in [1.165, 1.54) is 0 Å². The van der Waals surface area contributed by atoms with E-state index in [4.69, 9.17) is 17.3 Å². The van der Waals surface area contributed by atoms with Gasteiger partial charge in [0.15, 0.2) is 0 Å². The first kappa shape index (κ1) is 13.4. The van der Waals surface area contributed by atoms with Crippen LogP contribution in [0.2, 0.25) is 5.02 Å². The lowest BCUT2D eigenvalue weighted by Gasteiger charge is -2.26. The van der Waals surface area contributed by atoms with Crippen LogP contribution in [-0.2, 0) is 4.79 Å². The first-order valence-electron chi connectivity index (χ1n) is 6.26. The summed E-state index contributed by atoms with van der Waals surface area (Å²) >= 11 is 5.84. The molecule has 0 radical (unpaired) electrons. The molecule has 0 heterocycles. The largest absolute Gasteiger partial charge is 0.348 e. The minimum Gasteiger partial charge on any atom is -0.348 e. The molecule has 18 heavy (non-hydrogen) atoms. The highest BCUT2D eigenvalue weighted by molar-refractivity contribution is 6.30. The molecule has 1 aromatic carbocycles. The van der Waals surface area contributed by atoms with Crippen molar-refractivity contribution in [2.24, 2.45) is 11.7 Å². The van der Waals surface area contributed by atoms with Crippen LogP contribution in [0, 0.1) is 5.92 Å². The van der Waals surface area contributed by atoms with Crippen molar-refractivity contribution in [3.05, 3.63) is 34.9 Å². The molecule has 0 aromatic heterocycles. The second-order valence-corrected chi connectivity index (χ2v) is 5.74. The molecular weight excluding hydrogens is 248 g/mol. The van der Waals surface area contributed by atoms with Crippen molar-refractivity contribution in [1.29, 1.82) is 0 Å². The number of nitrogens with one attached hydrogen (secondary N) is 1. The third-order valence-electron chi connectivity index (χ3n) is 3.63. The molecule has 0 spiro atoms. The van der Waals surface area contributed by atoms with Crippen molar-refractivity contribution in [1.82, 2.24) is 5.32 Å². The van der Waals surface area contributed by atoms with E-state index in [9.17, 15) is 4.79 Å². The van der Waals surface area contributed by atoms with Crippen molar-refractivity contribution >= 4 is 17.5 Å². The Morgan fingerprint density at radius 2 is 2.00 bits per heavy atom. The van der Waals surface area contributed by atoms with Crippen LogP contribution in [0.15, 0.2) is 24.3 Å². The van der Waals surface area contributed by atoms with Gasteiger partial charge in [-0.15, -0.1) is 0 Å².